The zero-order valence-corrected chi connectivity index (χ0v) is 22.5. The monoisotopic (exact) mass is 532 g/mol. The molecule has 0 bridgehead atoms. The third kappa shape index (κ3) is 5.35. The molecule has 1 fully saturated rings. The summed E-state index contributed by atoms with van der Waals surface area (Å²) in [4.78, 5) is 44.3. The maximum Gasteiger partial charge on any atom is 0.270 e. The van der Waals surface area contributed by atoms with Gasteiger partial charge in [0.2, 0.25) is 5.91 Å². The molecule has 2 aliphatic rings. The van der Waals surface area contributed by atoms with Crippen LogP contribution in [0.4, 0.5) is 5.69 Å². The summed E-state index contributed by atoms with van der Waals surface area (Å²) in [5.41, 5.74) is 4.03. The minimum absolute atomic E-state index is 0.0954. The predicted octanol–water partition coefficient (Wildman–Crippen LogP) is 4.68. The van der Waals surface area contributed by atoms with E-state index in [0.29, 0.717) is 38.2 Å². The minimum atomic E-state index is -0.498. The SMILES string of the molecule is Cc1ccc([C@H]2c3ccsc3CCN2CCC(=O)N2CCN(C(=O)c3cccc([N+](=O)[O-])c3)[C@H](C)C2)cc1. The van der Waals surface area contributed by atoms with Gasteiger partial charge in [-0.25, -0.2) is 0 Å². The van der Waals surface area contributed by atoms with Crippen molar-refractivity contribution in [1.29, 1.82) is 0 Å². The molecule has 9 heteroatoms. The van der Waals surface area contributed by atoms with Gasteiger partial charge in [0.15, 0.2) is 0 Å². The van der Waals surface area contributed by atoms with Crippen LogP contribution in [-0.2, 0) is 11.2 Å². The van der Waals surface area contributed by atoms with E-state index in [1.165, 1.54) is 39.8 Å². The summed E-state index contributed by atoms with van der Waals surface area (Å²) in [6, 6.07) is 16.7. The number of amides is 2. The Kier molecular flexibility index (Phi) is 7.58. The first-order chi connectivity index (χ1) is 18.3. The summed E-state index contributed by atoms with van der Waals surface area (Å²) in [5, 5.41) is 13.3. The van der Waals surface area contributed by atoms with Gasteiger partial charge in [-0.1, -0.05) is 35.9 Å². The standard InChI is InChI=1S/C29H32N4O4S/c1-20-6-8-22(9-7-20)28-25-12-17-38-26(25)10-13-30(28)14-11-27(34)31-15-16-32(21(2)19-31)29(35)23-4-3-5-24(18-23)33(36)37/h3-9,12,17-18,21,28H,10-11,13-16,19H2,1-2H3/t21-,28+/m1/s1. The molecule has 3 heterocycles. The van der Waals surface area contributed by atoms with Crippen LogP contribution in [0.3, 0.4) is 0 Å². The number of aryl methyl sites for hydroxylation is 1. The van der Waals surface area contributed by atoms with E-state index >= 15 is 0 Å². The highest BCUT2D eigenvalue weighted by molar-refractivity contribution is 7.10. The molecule has 0 spiro atoms. The molecule has 2 aliphatic heterocycles. The zero-order chi connectivity index (χ0) is 26.8. The average Bonchev–Trinajstić information content (AvgIpc) is 3.40. The molecule has 3 aromatic rings. The van der Waals surface area contributed by atoms with E-state index in [0.717, 1.165) is 13.0 Å². The topological polar surface area (TPSA) is 87.0 Å². The number of hydrogen-bond acceptors (Lipinski definition) is 6. The van der Waals surface area contributed by atoms with Crippen molar-refractivity contribution in [2.24, 2.45) is 0 Å². The Labute approximate surface area is 226 Å². The molecule has 2 aromatic carbocycles. The van der Waals surface area contributed by atoms with Crippen molar-refractivity contribution < 1.29 is 14.5 Å². The van der Waals surface area contributed by atoms with Crippen molar-refractivity contribution in [3.63, 3.8) is 0 Å². The predicted molar refractivity (Wildman–Crippen MR) is 147 cm³/mol. The summed E-state index contributed by atoms with van der Waals surface area (Å²) < 4.78 is 0. The van der Waals surface area contributed by atoms with Gasteiger partial charge in [-0.05, 0) is 48.9 Å². The van der Waals surface area contributed by atoms with Crippen molar-refractivity contribution in [3.05, 3.63) is 97.2 Å². The Hall–Kier alpha value is -3.56. The lowest BCUT2D eigenvalue weighted by molar-refractivity contribution is -0.384. The summed E-state index contributed by atoms with van der Waals surface area (Å²) in [7, 11) is 0. The molecule has 0 unspecified atom stereocenters. The Morgan fingerprint density at radius 3 is 2.61 bits per heavy atom. The molecule has 1 saturated heterocycles. The number of nitrogens with zero attached hydrogens (tertiary/aromatic N) is 4. The number of thiophene rings is 1. The fourth-order valence-corrected chi connectivity index (χ4v) is 6.45. The van der Waals surface area contributed by atoms with E-state index in [1.807, 2.05) is 23.2 Å². The molecule has 5 rings (SSSR count). The van der Waals surface area contributed by atoms with Gasteiger partial charge in [-0.15, -0.1) is 11.3 Å². The Balaban J connectivity index is 1.21. The highest BCUT2D eigenvalue weighted by Gasteiger charge is 2.33. The van der Waals surface area contributed by atoms with Crippen molar-refractivity contribution in [3.8, 4) is 0 Å². The van der Waals surface area contributed by atoms with Gasteiger partial charge >= 0.3 is 0 Å². The lowest BCUT2D eigenvalue weighted by Gasteiger charge is -2.40. The molecule has 1 aromatic heterocycles. The molecule has 0 radical (unpaired) electrons. The maximum atomic E-state index is 13.3. The van der Waals surface area contributed by atoms with Gasteiger partial charge in [-0.3, -0.25) is 24.6 Å². The summed E-state index contributed by atoms with van der Waals surface area (Å²) in [6.07, 6.45) is 1.42. The van der Waals surface area contributed by atoms with E-state index in [4.69, 9.17) is 0 Å². The van der Waals surface area contributed by atoms with Crippen LogP contribution < -0.4 is 0 Å². The summed E-state index contributed by atoms with van der Waals surface area (Å²) >= 11 is 1.81. The van der Waals surface area contributed by atoms with E-state index in [-0.39, 0.29) is 29.6 Å². The Morgan fingerprint density at radius 1 is 1.08 bits per heavy atom. The highest BCUT2D eigenvalue weighted by atomic mass is 32.1. The second-order valence-electron chi connectivity index (χ2n) is 10.1. The van der Waals surface area contributed by atoms with Gasteiger partial charge in [0, 0.05) is 67.8 Å². The summed E-state index contributed by atoms with van der Waals surface area (Å²) in [5.74, 6) is -0.146. The van der Waals surface area contributed by atoms with E-state index in [9.17, 15) is 19.7 Å². The van der Waals surface area contributed by atoms with Crippen LogP contribution >= 0.6 is 11.3 Å². The first-order valence-electron chi connectivity index (χ1n) is 13.0. The second-order valence-corrected chi connectivity index (χ2v) is 11.1. The smallest absolute Gasteiger partial charge is 0.270 e. The fourth-order valence-electron chi connectivity index (χ4n) is 5.55. The largest absolute Gasteiger partial charge is 0.339 e. The molecule has 8 nitrogen and oxygen atoms in total. The number of piperazine rings is 1. The third-order valence-electron chi connectivity index (χ3n) is 7.62. The molecule has 2 amide bonds. The lowest BCUT2D eigenvalue weighted by atomic mass is 9.92. The van der Waals surface area contributed by atoms with Gasteiger partial charge in [0.05, 0.1) is 11.0 Å². The van der Waals surface area contributed by atoms with Crippen LogP contribution in [0.1, 0.15) is 51.3 Å². The molecule has 198 valence electrons. The van der Waals surface area contributed by atoms with Crippen molar-refractivity contribution >= 4 is 28.8 Å². The molecule has 0 aliphatic carbocycles. The molecule has 2 atom stereocenters. The lowest BCUT2D eigenvalue weighted by Crippen LogP contribution is -2.55. The van der Waals surface area contributed by atoms with Gasteiger partial charge in [0.25, 0.3) is 11.6 Å². The van der Waals surface area contributed by atoms with Crippen LogP contribution in [0.15, 0.2) is 60.0 Å². The highest BCUT2D eigenvalue weighted by Crippen LogP contribution is 2.38. The first kappa shape index (κ1) is 26.1. The zero-order valence-electron chi connectivity index (χ0n) is 21.7. The van der Waals surface area contributed by atoms with Gasteiger partial charge in [-0.2, -0.15) is 0 Å². The van der Waals surface area contributed by atoms with Crippen LogP contribution in [0.2, 0.25) is 0 Å². The van der Waals surface area contributed by atoms with E-state index in [1.54, 1.807) is 11.0 Å². The molecular weight excluding hydrogens is 500 g/mol. The van der Waals surface area contributed by atoms with Crippen molar-refractivity contribution in [2.75, 3.05) is 32.7 Å². The number of non-ortho nitro benzene ring substituents is 1. The van der Waals surface area contributed by atoms with E-state index < -0.39 is 4.92 Å². The number of nitro benzene ring substituents is 1. The Bertz CT molecular complexity index is 1340. The van der Waals surface area contributed by atoms with Crippen LogP contribution in [0.25, 0.3) is 0 Å². The average molecular weight is 533 g/mol. The number of benzene rings is 2. The quantitative estimate of drug-likeness (QED) is 0.340. The van der Waals surface area contributed by atoms with E-state index in [2.05, 4.69) is 47.5 Å². The fraction of sp³-hybridized carbons (Fsp3) is 0.379. The van der Waals surface area contributed by atoms with Crippen molar-refractivity contribution in [1.82, 2.24) is 14.7 Å². The normalized spacial score (nSPS) is 19.7. The molecule has 0 saturated carbocycles. The number of carbonyl (C=O) groups excluding carboxylic acids is 2. The van der Waals surface area contributed by atoms with Gasteiger partial charge < -0.3 is 9.80 Å². The number of fused-ring (bicyclic) bond motifs is 1. The third-order valence-corrected chi connectivity index (χ3v) is 8.61. The first-order valence-corrected chi connectivity index (χ1v) is 13.9. The number of hydrogen-bond donors (Lipinski definition) is 0. The molecule has 0 N–H and O–H groups in total. The van der Waals surface area contributed by atoms with Gasteiger partial charge in [0.1, 0.15) is 0 Å². The molecular formula is C29H32N4O4S. The molecule has 38 heavy (non-hydrogen) atoms. The Morgan fingerprint density at radius 2 is 1.87 bits per heavy atom. The maximum absolute atomic E-state index is 13.3. The second kappa shape index (κ2) is 11.0. The summed E-state index contributed by atoms with van der Waals surface area (Å²) in [6.45, 7) is 6.92. The number of rotatable bonds is 6. The van der Waals surface area contributed by atoms with Crippen LogP contribution in [0, 0.1) is 17.0 Å². The van der Waals surface area contributed by atoms with Crippen molar-refractivity contribution in [2.45, 2.75) is 38.8 Å². The minimum Gasteiger partial charge on any atom is -0.339 e. The van der Waals surface area contributed by atoms with Crippen LogP contribution in [-0.4, -0.2) is 70.2 Å². The number of carbonyl (C=O) groups is 2. The number of nitro groups is 1. The van der Waals surface area contributed by atoms with Crippen LogP contribution in [0.5, 0.6) is 0 Å².